The molecule has 0 amide bonds. The van der Waals surface area contributed by atoms with Crippen LogP contribution < -0.4 is 5.73 Å². The van der Waals surface area contributed by atoms with Crippen molar-refractivity contribution in [3.8, 4) is 0 Å². The molecule has 1 aromatic carbocycles. The quantitative estimate of drug-likeness (QED) is 0.798. The lowest BCUT2D eigenvalue weighted by Crippen LogP contribution is -2.33. The first-order chi connectivity index (χ1) is 7.63. The van der Waals surface area contributed by atoms with Gasteiger partial charge in [-0.1, -0.05) is 43.7 Å². The third-order valence-corrected chi connectivity index (χ3v) is 2.04. The monoisotopic (exact) mass is 223 g/mol. The van der Waals surface area contributed by atoms with E-state index < -0.39 is 6.04 Å². The Labute approximate surface area is 97.6 Å². The molecule has 3 heteroatoms. The molecule has 0 fully saturated rings. The molecule has 0 spiro atoms. The van der Waals surface area contributed by atoms with Gasteiger partial charge in [-0.3, -0.25) is 4.79 Å². The highest BCUT2D eigenvalue weighted by atomic mass is 16.5. The van der Waals surface area contributed by atoms with Gasteiger partial charge in [-0.05, 0) is 18.9 Å². The van der Waals surface area contributed by atoms with Crippen molar-refractivity contribution >= 4 is 5.97 Å². The average Bonchev–Trinajstić information content (AvgIpc) is 2.30. The fourth-order valence-electron chi connectivity index (χ4n) is 1.33. The second-order valence-electron chi connectivity index (χ2n) is 3.32. The van der Waals surface area contributed by atoms with E-state index in [-0.39, 0.29) is 5.97 Å². The number of carbonyl (C=O) groups is 1. The summed E-state index contributed by atoms with van der Waals surface area (Å²) in [7, 11) is 1.35. The number of nitrogens with two attached hydrogens (primary N) is 1. The molecule has 0 saturated heterocycles. The maximum Gasteiger partial charge on any atom is 0.322 e. The number of carbonyl (C=O) groups excluding carboxylic acids is 1. The lowest BCUT2D eigenvalue weighted by Gasteiger charge is -2.09. The zero-order valence-corrected chi connectivity index (χ0v) is 10.5. The minimum absolute atomic E-state index is 0.369. The number of benzene rings is 1. The topological polar surface area (TPSA) is 52.3 Å². The van der Waals surface area contributed by atoms with E-state index in [9.17, 15) is 4.79 Å². The average molecular weight is 223 g/mol. The lowest BCUT2D eigenvalue weighted by molar-refractivity contribution is -0.142. The van der Waals surface area contributed by atoms with Crippen LogP contribution in [0.25, 0.3) is 0 Å². The molecule has 1 aromatic rings. The van der Waals surface area contributed by atoms with Crippen molar-refractivity contribution in [2.75, 3.05) is 7.11 Å². The third kappa shape index (κ3) is 4.94. The minimum atomic E-state index is -0.568. The predicted octanol–water partition coefficient (Wildman–Crippen LogP) is 2.06. The van der Waals surface area contributed by atoms with E-state index in [0.29, 0.717) is 6.42 Å². The summed E-state index contributed by atoms with van der Waals surface area (Å²) in [5.41, 5.74) is 7.86. The number of aryl methyl sites for hydroxylation is 1. The summed E-state index contributed by atoms with van der Waals surface area (Å²) in [6.07, 6.45) is 0.522. The smallest absolute Gasteiger partial charge is 0.322 e. The Bertz CT molecular complexity index is 323. The largest absolute Gasteiger partial charge is 0.468 e. The Balaban J connectivity index is 0.00000106. The molecule has 0 radical (unpaired) electrons. The molecule has 0 aliphatic carbocycles. The first-order valence-electron chi connectivity index (χ1n) is 5.52. The first-order valence-corrected chi connectivity index (χ1v) is 5.52. The number of esters is 1. The molecule has 90 valence electrons. The Hall–Kier alpha value is -1.35. The van der Waals surface area contributed by atoms with Gasteiger partial charge in [0.2, 0.25) is 0 Å². The highest BCUT2D eigenvalue weighted by molar-refractivity contribution is 5.75. The van der Waals surface area contributed by atoms with Crippen LogP contribution in [0.15, 0.2) is 24.3 Å². The molecule has 1 unspecified atom stereocenters. The molecule has 0 aromatic heterocycles. The van der Waals surface area contributed by atoms with Crippen LogP contribution in [0.4, 0.5) is 0 Å². The molecule has 1 rings (SSSR count). The van der Waals surface area contributed by atoms with Gasteiger partial charge >= 0.3 is 5.97 Å². The Morgan fingerprint density at radius 1 is 1.44 bits per heavy atom. The van der Waals surface area contributed by atoms with Crippen LogP contribution in [0, 0.1) is 6.92 Å². The van der Waals surface area contributed by atoms with Crippen LogP contribution in [0.1, 0.15) is 25.0 Å². The Morgan fingerprint density at radius 2 is 2.06 bits per heavy atom. The summed E-state index contributed by atoms with van der Waals surface area (Å²) >= 11 is 0. The van der Waals surface area contributed by atoms with Crippen molar-refractivity contribution < 1.29 is 9.53 Å². The second-order valence-corrected chi connectivity index (χ2v) is 3.32. The van der Waals surface area contributed by atoms with E-state index in [2.05, 4.69) is 4.74 Å². The lowest BCUT2D eigenvalue weighted by atomic mass is 10.0. The molecular formula is C13H21NO2. The molecule has 0 aliphatic heterocycles. The number of hydrogen-bond acceptors (Lipinski definition) is 3. The van der Waals surface area contributed by atoms with Crippen LogP contribution in [-0.2, 0) is 16.0 Å². The summed E-state index contributed by atoms with van der Waals surface area (Å²) < 4.78 is 4.55. The summed E-state index contributed by atoms with van der Waals surface area (Å²) in [5, 5.41) is 0. The van der Waals surface area contributed by atoms with Gasteiger partial charge in [-0.25, -0.2) is 0 Å². The molecule has 16 heavy (non-hydrogen) atoms. The van der Waals surface area contributed by atoms with E-state index in [1.807, 2.05) is 45.0 Å². The normalized spacial score (nSPS) is 11.1. The molecule has 3 nitrogen and oxygen atoms in total. The van der Waals surface area contributed by atoms with Crippen LogP contribution in [0.5, 0.6) is 0 Å². The molecule has 0 bridgehead atoms. The number of ether oxygens (including phenoxy) is 1. The minimum Gasteiger partial charge on any atom is -0.468 e. The first kappa shape index (κ1) is 14.6. The van der Waals surface area contributed by atoms with Gasteiger partial charge < -0.3 is 10.5 Å². The van der Waals surface area contributed by atoms with E-state index >= 15 is 0 Å². The van der Waals surface area contributed by atoms with Gasteiger partial charge in [0.1, 0.15) is 6.04 Å². The predicted molar refractivity (Wildman–Crippen MR) is 66.2 cm³/mol. The van der Waals surface area contributed by atoms with Gasteiger partial charge in [0, 0.05) is 0 Å². The summed E-state index contributed by atoms with van der Waals surface area (Å²) in [4.78, 5) is 11.1. The summed E-state index contributed by atoms with van der Waals surface area (Å²) in [6, 6.07) is 7.36. The van der Waals surface area contributed by atoms with Crippen molar-refractivity contribution in [2.45, 2.75) is 33.2 Å². The second kappa shape index (κ2) is 7.88. The maximum absolute atomic E-state index is 11.1. The summed E-state index contributed by atoms with van der Waals surface area (Å²) in [6.45, 7) is 6.01. The Morgan fingerprint density at radius 3 is 2.56 bits per heavy atom. The zero-order chi connectivity index (χ0) is 12.6. The van der Waals surface area contributed by atoms with E-state index in [4.69, 9.17) is 5.73 Å². The zero-order valence-electron chi connectivity index (χ0n) is 10.5. The van der Waals surface area contributed by atoms with Crippen molar-refractivity contribution in [1.82, 2.24) is 0 Å². The van der Waals surface area contributed by atoms with E-state index in [1.54, 1.807) is 0 Å². The van der Waals surface area contributed by atoms with Crippen molar-refractivity contribution in [2.24, 2.45) is 5.73 Å². The van der Waals surface area contributed by atoms with Crippen LogP contribution in [-0.4, -0.2) is 19.1 Å². The fourth-order valence-corrected chi connectivity index (χ4v) is 1.33. The van der Waals surface area contributed by atoms with Gasteiger partial charge in [0.05, 0.1) is 7.11 Å². The van der Waals surface area contributed by atoms with Crippen molar-refractivity contribution in [3.63, 3.8) is 0 Å². The Kier molecular flexibility index (Phi) is 7.21. The maximum atomic E-state index is 11.1. The SMILES string of the molecule is CC.COC(=O)C(N)Cc1cccc(C)c1. The van der Waals surface area contributed by atoms with Gasteiger partial charge in [0.25, 0.3) is 0 Å². The number of methoxy groups -OCH3 is 1. The van der Waals surface area contributed by atoms with Crippen LogP contribution in [0.2, 0.25) is 0 Å². The molecule has 2 N–H and O–H groups in total. The molecule has 0 heterocycles. The van der Waals surface area contributed by atoms with Gasteiger partial charge in [0.15, 0.2) is 0 Å². The van der Waals surface area contributed by atoms with Crippen LogP contribution >= 0.6 is 0 Å². The highest BCUT2D eigenvalue weighted by Gasteiger charge is 2.13. The van der Waals surface area contributed by atoms with E-state index in [0.717, 1.165) is 5.56 Å². The summed E-state index contributed by atoms with van der Waals surface area (Å²) in [5.74, 6) is -0.369. The van der Waals surface area contributed by atoms with Gasteiger partial charge in [-0.2, -0.15) is 0 Å². The van der Waals surface area contributed by atoms with Crippen molar-refractivity contribution in [1.29, 1.82) is 0 Å². The molecule has 0 saturated carbocycles. The van der Waals surface area contributed by atoms with E-state index in [1.165, 1.54) is 12.7 Å². The molecule has 1 atom stereocenters. The number of rotatable bonds is 3. The van der Waals surface area contributed by atoms with Gasteiger partial charge in [-0.15, -0.1) is 0 Å². The number of hydrogen-bond donors (Lipinski definition) is 1. The molecular weight excluding hydrogens is 202 g/mol. The fraction of sp³-hybridized carbons (Fsp3) is 0.462. The van der Waals surface area contributed by atoms with Crippen LogP contribution in [0.3, 0.4) is 0 Å². The highest BCUT2D eigenvalue weighted by Crippen LogP contribution is 2.06. The molecule has 0 aliphatic rings. The standard InChI is InChI=1S/C11H15NO2.C2H6/c1-8-4-3-5-9(6-8)7-10(12)11(13)14-2;1-2/h3-6,10H,7,12H2,1-2H3;1-2H3. The third-order valence-electron chi connectivity index (χ3n) is 2.04. The van der Waals surface area contributed by atoms with Crippen molar-refractivity contribution in [3.05, 3.63) is 35.4 Å².